The Hall–Kier alpha value is -3.68. The molecular weight excluding hydrogens is 418 g/mol. The minimum atomic E-state index is -0.585. The van der Waals surface area contributed by atoms with E-state index in [-0.39, 0.29) is 11.9 Å². The molecular formula is C25H27N5O3. The monoisotopic (exact) mass is 445 g/mol. The molecule has 1 fully saturated rings. The zero-order valence-corrected chi connectivity index (χ0v) is 19.2. The molecule has 0 bridgehead atoms. The first kappa shape index (κ1) is 21.2. The molecule has 3 aromatic heterocycles. The summed E-state index contributed by atoms with van der Waals surface area (Å²) < 4.78 is 10.6. The van der Waals surface area contributed by atoms with Crippen LogP contribution in [0.1, 0.15) is 43.7 Å². The largest absolute Gasteiger partial charge is 0.495 e. The highest BCUT2D eigenvalue weighted by atomic mass is 16.5. The third kappa shape index (κ3) is 3.55. The molecule has 0 saturated heterocycles. The van der Waals surface area contributed by atoms with Gasteiger partial charge in [0.1, 0.15) is 29.0 Å². The molecule has 1 aliphatic carbocycles. The van der Waals surface area contributed by atoms with Gasteiger partial charge in [0.05, 0.1) is 32.0 Å². The van der Waals surface area contributed by atoms with Gasteiger partial charge < -0.3 is 19.7 Å². The number of nitrogens with zero attached hydrogens (tertiary/aromatic N) is 4. The van der Waals surface area contributed by atoms with Crippen LogP contribution < -0.4 is 19.7 Å². The third-order valence-electron chi connectivity index (χ3n) is 6.73. The van der Waals surface area contributed by atoms with Gasteiger partial charge in [-0.2, -0.15) is 0 Å². The van der Waals surface area contributed by atoms with Crippen LogP contribution in [-0.4, -0.2) is 41.1 Å². The lowest BCUT2D eigenvalue weighted by Crippen LogP contribution is -2.42. The number of aromatic nitrogens is 3. The summed E-state index contributed by atoms with van der Waals surface area (Å²) in [6.45, 7) is 3.93. The maximum Gasteiger partial charge on any atom is 0.235 e. The topological polar surface area (TPSA) is 89.5 Å². The number of carbonyl (C=O) groups excluding carboxylic acids is 1. The highest BCUT2D eigenvalue weighted by Gasteiger charge is 2.45. The summed E-state index contributed by atoms with van der Waals surface area (Å²) in [5, 5.41) is 2.93. The molecule has 0 spiro atoms. The van der Waals surface area contributed by atoms with Crippen molar-refractivity contribution in [2.24, 2.45) is 0 Å². The van der Waals surface area contributed by atoms with Crippen molar-refractivity contribution in [1.29, 1.82) is 0 Å². The number of hydrogen-bond acceptors (Lipinski definition) is 7. The molecule has 1 saturated carbocycles. The molecule has 0 unspecified atom stereocenters. The molecule has 170 valence electrons. The van der Waals surface area contributed by atoms with Crippen LogP contribution in [0.4, 0.5) is 17.5 Å². The van der Waals surface area contributed by atoms with Gasteiger partial charge in [-0.15, -0.1) is 0 Å². The van der Waals surface area contributed by atoms with Gasteiger partial charge in [0, 0.05) is 17.8 Å². The lowest BCUT2D eigenvalue weighted by molar-refractivity contribution is -0.119. The lowest BCUT2D eigenvalue weighted by atomic mass is 9.70. The second-order valence-corrected chi connectivity index (χ2v) is 9.01. The van der Waals surface area contributed by atoms with Gasteiger partial charge in [-0.25, -0.2) is 15.0 Å². The van der Waals surface area contributed by atoms with Gasteiger partial charge >= 0.3 is 0 Å². The Balaban J connectivity index is 1.44. The summed E-state index contributed by atoms with van der Waals surface area (Å²) in [7, 11) is 3.26. The Morgan fingerprint density at radius 3 is 2.06 bits per heavy atom. The van der Waals surface area contributed by atoms with E-state index in [1.54, 1.807) is 32.8 Å². The number of anilines is 3. The van der Waals surface area contributed by atoms with E-state index in [0.717, 1.165) is 30.0 Å². The van der Waals surface area contributed by atoms with Gasteiger partial charge in [0.25, 0.3) is 0 Å². The quantitative estimate of drug-likeness (QED) is 0.608. The van der Waals surface area contributed by atoms with Gasteiger partial charge in [0.15, 0.2) is 0 Å². The van der Waals surface area contributed by atoms with Crippen molar-refractivity contribution >= 4 is 23.4 Å². The highest BCUT2D eigenvalue weighted by molar-refractivity contribution is 6.05. The van der Waals surface area contributed by atoms with E-state index in [9.17, 15) is 4.79 Å². The Kier molecular flexibility index (Phi) is 5.15. The van der Waals surface area contributed by atoms with Crippen molar-refractivity contribution in [2.75, 3.05) is 24.4 Å². The predicted octanol–water partition coefficient (Wildman–Crippen LogP) is 4.20. The van der Waals surface area contributed by atoms with E-state index < -0.39 is 5.41 Å². The SMILES string of the molecule is COc1ccc(N(c2ccc(OC)cn2)C2CC(c3ccnc4c3C(C)(C)C(=O)N4)C2)nc1. The fourth-order valence-corrected chi connectivity index (χ4v) is 4.76. The molecule has 1 N–H and O–H groups in total. The van der Waals surface area contributed by atoms with Gasteiger partial charge in [-0.1, -0.05) is 0 Å². The van der Waals surface area contributed by atoms with E-state index in [2.05, 4.69) is 31.2 Å². The zero-order chi connectivity index (χ0) is 23.2. The molecule has 0 radical (unpaired) electrons. The van der Waals surface area contributed by atoms with E-state index in [0.29, 0.717) is 23.2 Å². The fourth-order valence-electron chi connectivity index (χ4n) is 4.76. The summed E-state index contributed by atoms with van der Waals surface area (Å²) in [5.74, 6) is 4.07. The summed E-state index contributed by atoms with van der Waals surface area (Å²) >= 11 is 0. The van der Waals surface area contributed by atoms with Crippen LogP contribution in [-0.2, 0) is 10.2 Å². The summed E-state index contributed by atoms with van der Waals surface area (Å²) in [4.78, 5) is 28.3. The first-order valence-corrected chi connectivity index (χ1v) is 11.0. The van der Waals surface area contributed by atoms with Crippen LogP contribution in [0.25, 0.3) is 0 Å². The third-order valence-corrected chi connectivity index (χ3v) is 6.73. The number of fused-ring (bicyclic) bond motifs is 1. The second-order valence-electron chi connectivity index (χ2n) is 9.01. The molecule has 0 aromatic carbocycles. The van der Waals surface area contributed by atoms with E-state index >= 15 is 0 Å². The Labute approximate surface area is 193 Å². The number of carbonyl (C=O) groups is 1. The normalized spacial score (nSPS) is 20.4. The zero-order valence-electron chi connectivity index (χ0n) is 19.2. The number of hydrogen-bond donors (Lipinski definition) is 1. The van der Waals surface area contributed by atoms with Crippen molar-refractivity contribution < 1.29 is 14.3 Å². The van der Waals surface area contributed by atoms with E-state index in [4.69, 9.17) is 9.47 Å². The van der Waals surface area contributed by atoms with Crippen molar-refractivity contribution in [2.45, 2.75) is 44.1 Å². The van der Waals surface area contributed by atoms with Crippen molar-refractivity contribution in [3.05, 3.63) is 60.0 Å². The van der Waals surface area contributed by atoms with Crippen LogP contribution in [0, 0.1) is 0 Å². The lowest BCUT2D eigenvalue weighted by Gasteiger charge is -2.44. The molecule has 0 atom stereocenters. The van der Waals surface area contributed by atoms with Crippen LogP contribution >= 0.6 is 0 Å². The minimum Gasteiger partial charge on any atom is -0.495 e. The number of nitrogens with one attached hydrogen (secondary N) is 1. The highest BCUT2D eigenvalue weighted by Crippen LogP contribution is 2.49. The van der Waals surface area contributed by atoms with E-state index in [1.165, 1.54) is 5.56 Å². The average molecular weight is 446 g/mol. The molecule has 2 aliphatic rings. The Morgan fingerprint density at radius 1 is 0.939 bits per heavy atom. The van der Waals surface area contributed by atoms with Crippen molar-refractivity contribution in [1.82, 2.24) is 15.0 Å². The van der Waals surface area contributed by atoms with Crippen LogP contribution in [0.3, 0.4) is 0 Å². The van der Waals surface area contributed by atoms with Crippen molar-refractivity contribution in [3.8, 4) is 11.5 Å². The van der Waals surface area contributed by atoms with Crippen molar-refractivity contribution in [3.63, 3.8) is 0 Å². The maximum atomic E-state index is 12.5. The first-order chi connectivity index (χ1) is 15.9. The predicted molar refractivity (Wildman–Crippen MR) is 125 cm³/mol. The summed E-state index contributed by atoms with van der Waals surface area (Å²) in [5.41, 5.74) is 1.64. The maximum absolute atomic E-state index is 12.5. The fraction of sp³-hybridized carbons (Fsp3) is 0.360. The molecule has 33 heavy (non-hydrogen) atoms. The van der Waals surface area contributed by atoms with Crippen LogP contribution in [0.2, 0.25) is 0 Å². The molecule has 3 aromatic rings. The number of pyridine rings is 3. The molecule has 1 amide bonds. The molecule has 5 rings (SSSR count). The first-order valence-electron chi connectivity index (χ1n) is 11.0. The average Bonchev–Trinajstić information content (AvgIpc) is 3.04. The molecule has 8 nitrogen and oxygen atoms in total. The van der Waals surface area contributed by atoms with E-state index in [1.807, 2.05) is 38.1 Å². The summed E-state index contributed by atoms with van der Waals surface area (Å²) in [6, 6.07) is 9.99. The smallest absolute Gasteiger partial charge is 0.235 e. The number of ether oxygens (including phenoxy) is 2. The Morgan fingerprint density at radius 2 is 1.55 bits per heavy atom. The summed E-state index contributed by atoms with van der Waals surface area (Å²) in [6.07, 6.45) is 7.07. The number of amides is 1. The molecule has 4 heterocycles. The van der Waals surface area contributed by atoms with Crippen LogP contribution in [0.5, 0.6) is 11.5 Å². The number of methoxy groups -OCH3 is 2. The number of rotatable bonds is 6. The van der Waals surface area contributed by atoms with Gasteiger partial charge in [-0.05, 0) is 68.5 Å². The van der Waals surface area contributed by atoms with Crippen LogP contribution in [0.15, 0.2) is 48.9 Å². The minimum absolute atomic E-state index is 0.000171. The molecule has 8 heteroatoms. The second kappa shape index (κ2) is 8.03. The molecule has 1 aliphatic heterocycles. The van der Waals surface area contributed by atoms with Gasteiger partial charge in [0.2, 0.25) is 5.91 Å². The standard InChI is InChI=1S/C25H27N5O3/c1-25(2)22-19(9-10-26-23(22)29-24(25)31)15-11-16(12-15)30(20-7-5-17(32-3)13-27-20)21-8-6-18(33-4)14-28-21/h5-10,13-16H,11-12H2,1-4H3,(H,26,29,31). The Bertz CT molecular complexity index is 1120. The van der Waals surface area contributed by atoms with Gasteiger partial charge in [-0.3, -0.25) is 4.79 Å².